The average Bonchev–Trinajstić information content (AvgIpc) is 3.24. The summed E-state index contributed by atoms with van der Waals surface area (Å²) in [6.07, 6.45) is 0.896. The van der Waals surface area contributed by atoms with E-state index in [4.69, 9.17) is 4.98 Å². The SMILES string of the molecule is CC(C)(C)c1ccc(Cn2c3ccccc3c3nnc(SCC(=O)N4CCc5ccccc5C4)nc32)cc1. The molecule has 3 aromatic carbocycles. The minimum Gasteiger partial charge on any atom is -0.337 e. The number of hydrogen-bond donors (Lipinski definition) is 0. The van der Waals surface area contributed by atoms with E-state index in [1.807, 2.05) is 23.1 Å². The Hall–Kier alpha value is -3.71. The highest BCUT2D eigenvalue weighted by molar-refractivity contribution is 7.99. The lowest BCUT2D eigenvalue weighted by Gasteiger charge is -2.28. The molecule has 6 rings (SSSR count). The third-order valence-corrected chi connectivity index (χ3v) is 8.15. The van der Waals surface area contributed by atoms with E-state index in [-0.39, 0.29) is 11.3 Å². The zero-order valence-electron chi connectivity index (χ0n) is 22.0. The molecule has 0 aliphatic carbocycles. The van der Waals surface area contributed by atoms with Crippen molar-refractivity contribution in [2.75, 3.05) is 12.3 Å². The Morgan fingerprint density at radius 2 is 1.66 bits per heavy atom. The fraction of sp³-hybridized carbons (Fsp3) is 0.290. The molecule has 192 valence electrons. The van der Waals surface area contributed by atoms with Crippen LogP contribution in [0.15, 0.2) is 78.0 Å². The van der Waals surface area contributed by atoms with Crippen molar-refractivity contribution in [1.82, 2.24) is 24.6 Å². The number of aromatic nitrogens is 4. The summed E-state index contributed by atoms with van der Waals surface area (Å²) in [6, 6.07) is 25.4. The van der Waals surface area contributed by atoms with Crippen LogP contribution in [0.2, 0.25) is 0 Å². The summed E-state index contributed by atoms with van der Waals surface area (Å²) in [5.74, 6) is 0.400. The standard InChI is InChI=1S/C31H31N5OS/c1-31(2,3)24-14-12-21(13-15-24)18-36-26-11-7-6-10-25(26)28-29(36)32-30(34-33-28)38-20-27(37)35-17-16-22-8-4-5-9-23(22)19-35/h4-15H,16-20H2,1-3H3. The van der Waals surface area contributed by atoms with Gasteiger partial charge in [0, 0.05) is 25.0 Å². The van der Waals surface area contributed by atoms with E-state index < -0.39 is 0 Å². The second kappa shape index (κ2) is 9.87. The number of hydrogen-bond acceptors (Lipinski definition) is 5. The molecule has 1 aliphatic heterocycles. The van der Waals surface area contributed by atoms with E-state index in [1.165, 1.54) is 34.0 Å². The fourth-order valence-electron chi connectivity index (χ4n) is 5.13. The van der Waals surface area contributed by atoms with Crippen molar-refractivity contribution < 1.29 is 4.79 Å². The fourth-order valence-corrected chi connectivity index (χ4v) is 5.81. The monoisotopic (exact) mass is 521 g/mol. The van der Waals surface area contributed by atoms with Crippen molar-refractivity contribution in [2.24, 2.45) is 0 Å². The molecule has 2 aromatic heterocycles. The summed E-state index contributed by atoms with van der Waals surface area (Å²) in [6.45, 7) is 8.78. The molecule has 1 aliphatic rings. The maximum atomic E-state index is 13.0. The second-order valence-electron chi connectivity index (χ2n) is 10.9. The predicted molar refractivity (Wildman–Crippen MR) is 153 cm³/mol. The summed E-state index contributed by atoms with van der Waals surface area (Å²) < 4.78 is 2.21. The van der Waals surface area contributed by atoms with Gasteiger partial charge in [-0.25, -0.2) is 4.98 Å². The van der Waals surface area contributed by atoms with Gasteiger partial charge < -0.3 is 9.47 Å². The van der Waals surface area contributed by atoms with Crippen LogP contribution in [-0.2, 0) is 29.7 Å². The minimum absolute atomic E-state index is 0.104. The molecular weight excluding hydrogens is 490 g/mol. The molecule has 6 nitrogen and oxygen atoms in total. The number of carbonyl (C=O) groups is 1. The summed E-state index contributed by atoms with van der Waals surface area (Å²) in [5.41, 5.74) is 7.86. The van der Waals surface area contributed by atoms with Gasteiger partial charge in [0.2, 0.25) is 11.1 Å². The molecule has 7 heteroatoms. The molecule has 3 heterocycles. The van der Waals surface area contributed by atoms with Crippen molar-refractivity contribution in [2.45, 2.75) is 50.9 Å². The van der Waals surface area contributed by atoms with E-state index in [1.54, 1.807) is 0 Å². The van der Waals surface area contributed by atoms with Gasteiger partial charge in [-0.3, -0.25) is 4.79 Å². The lowest BCUT2D eigenvalue weighted by atomic mass is 9.87. The number of para-hydroxylation sites is 1. The highest BCUT2D eigenvalue weighted by atomic mass is 32.2. The minimum atomic E-state index is 0.104. The Morgan fingerprint density at radius 3 is 2.45 bits per heavy atom. The predicted octanol–water partition coefficient (Wildman–Crippen LogP) is 6.00. The van der Waals surface area contributed by atoms with Crippen LogP contribution >= 0.6 is 11.8 Å². The van der Waals surface area contributed by atoms with Crippen molar-refractivity contribution in [3.05, 3.63) is 95.1 Å². The van der Waals surface area contributed by atoms with Crippen molar-refractivity contribution in [3.8, 4) is 0 Å². The van der Waals surface area contributed by atoms with Gasteiger partial charge in [0.1, 0.15) is 5.52 Å². The number of benzene rings is 3. The molecule has 0 atom stereocenters. The largest absolute Gasteiger partial charge is 0.337 e. The summed E-state index contributed by atoms with van der Waals surface area (Å²) in [7, 11) is 0. The van der Waals surface area contributed by atoms with Crippen LogP contribution in [0.3, 0.4) is 0 Å². The molecule has 0 saturated heterocycles. The van der Waals surface area contributed by atoms with Gasteiger partial charge in [0.15, 0.2) is 5.65 Å². The highest BCUT2D eigenvalue weighted by Crippen LogP contribution is 2.29. The Balaban J connectivity index is 1.25. The van der Waals surface area contributed by atoms with Crippen LogP contribution < -0.4 is 0 Å². The van der Waals surface area contributed by atoms with Gasteiger partial charge in [-0.1, -0.05) is 99.3 Å². The zero-order chi connectivity index (χ0) is 26.3. The molecule has 0 spiro atoms. The first-order valence-corrected chi connectivity index (χ1v) is 14.0. The number of thioether (sulfide) groups is 1. The summed E-state index contributed by atoms with van der Waals surface area (Å²) in [5, 5.41) is 10.5. The first-order valence-electron chi connectivity index (χ1n) is 13.1. The molecular formula is C31H31N5OS. The van der Waals surface area contributed by atoms with Crippen LogP contribution in [0.25, 0.3) is 22.1 Å². The molecule has 0 fully saturated rings. The number of carbonyl (C=O) groups excluding carboxylic acids is 1. The molecule has 0 N–H and O–H groups in total. The van der Waals surface area contributed by atoms with Gasteiger partial charge in [-0.15, -0.1) is 10.2 Å². The normalized spacial score (nSPS) is 13.7. The van der Waals surface area contributed by atoms with E-state index in [0.717, 1.165) is 35.0 Å². The van der Waals surface area contributed by atoms with E-state index in [0.29, 0.717) is 24.0 Å². The Morgan fingerprint density at radius 1 is 0.921 bits per heavy atom. The van der Waals surface area contributed by atoms with Gasteiger partial charge in [-0.05, 0) is 40.2 Å². The number of amides is 1. The maximum Gasteiger partial charge on any atom is 0.233 e. The maximum absolute atomic E-state index is 13.0. The highest BCUT2D eigenvalue weighted by Gasteiger charge is 2.22. The molecule has 0 radical (unpaired) electrons. The quantitative estimate of drug-likeness (QED) is 0.265. The third kappa shape index (κ3) is 4.78. The van der Waals surface area contributed by atoms with Crippen LogP contribution in [-0.4, -0.2) is 42.9 Å². The van der Waals surface area contributed by atoms with Gasteiger partial charge in [-0.2, -0.15) is 0 Å². The van der Waals surface area contributed by atoms with Crippen LogP contribution in [0.1, 0.15) is 43.0 Å². The van der Waals surface area contributed by atoms with Crippen LogP contribution in [0.4, 0.5) is 0 Å². The topological polar surface area (TPSA) is 63.9 Å². The second-order valence-corrected chi connectivity index (χ2v) is 11.9. The van der Waals surface area contributed by atoms with Gasteiger partial charge in [0.05, 0.1) is 11.3 Å². The number of fused-ring (bicyclic) bond motifs is 4. The molecule has 38 heavy (non-hydrogen) atoms. The summed E-state index contributed by atoms with van der Waals surface area (Å²) >= 11 is 1.36. The van der Waals surface area contributed by atoms with Crippen molar-refractivity contribution in [3.63, 3.8) is 0 Å². The molecule has 5 aromatic rings. The Bertz CT molecular complexity index is 1630. The number of nitrogens with zero attached hydrogens (tertiary/aromatic N) is 5. The van der Waals surface area contributed by atoms with Gasteiger partial charge in [0.25, 0.3) is 0 Å². The van der Waals surface area contributed by atoms with Gasteiger partial charge >= 0.3 is 0 Å². The summed E-state index contributed by atoms with van der Waals surface area (Å²) in [4.78, 5) is 19.8. The molecule has 0 saturated carbocycles. The molecule has 0 bridgehead atoms. The molecule has 1 amide bonds. The Labute approximate surface area is 227 Å². The van der Waals surface area contributed by atoms with Crippen molar-refractivity contribution in [1.29, 1.82) is 0 Å². The van der Waals surface area contributed by atoms with E-state index in [2.05, 4.69) is 90.1 Å². The lowest BCUT2D eigenvalue weighted by molar-refractivity contribution is -0.129. The Kier molecular flexibility index (Phi) is 6.40. The van der Waals surface area contributed by atoms with Crippen molar-refractivity contribution >= 4 is 39.7 Å². The van der Waals surface area contributed by atoms with Crippen LogP contribution in [0.5, 0.6) is 0 Å². The first-order chi connectivity index (χ1) is 18.4. The molecule has 0 unspecified atom stereocenters. The van der Waals surface area contributed by atoms with E-state index >= 15 is 0 Å². The number of rotatable bonds is 5. The third-order valence-electron chi connectivity index (χ3n) is 7.32. The lowest BCUT2D eigenvalue weighted by Crippen LogP contribution is -2.37. The van der Waals surface area contributed by atoms with Crippen LogP contribution in [0, 0.1) is 0 Å². The van der Waals surface area contributed by atoms with E-state index in [9.17, 15) is 4.79 Å². The smallest absolute Gasteiger partial charge is 0.233 e. The first kappa shape index (κ1) is 24.6. The zero-order valence-corrected chi connectivity index (χ0v) is 22.8. The average molecular weight is 522 g/mol.